The number of piperazine rings is 1. The second-order valence-corrected chi connectivity index (χ2v) is 6.78. The van der Waals surface area contributed by atoms with E-state index in [0.717, 1.165) is 31.7 Å². The van der Waals surface area contributed by atoms with Crippen LogP contribution in [0.1, 0.15) is 5.56 Å². The van der Waals surface area contributed by atoms with E-state index in [1.165, 1.54) is 12.1 Å². The Morgan fingerprint density at radius 2 is 1.85 bits per heavy atom. The molecule has 1 fully saturated rings. The van der Waals surface area contributed by atoms with Gasteiger partial charge >= 0.3 is 0 Å². The Morgan fingerprint density at radius 1 is 1.20 bits per heavy atom. The number of benzene rings is 1. The molecule has 0 spiro atoms. The minimum absolute atomic E-state index is 0.0915. The Bertz CT molecular complexity index is 513. The zero-order valence-corrected chi connectivity index (χ0v) is 12.1. The van der Waals surface area contributed by atoms with Crippen LogP contribution in [0.5, 0.6) is 0 Å². The van der Waals surface area contributed by atoms with E-state index in [9.17, 15) is 12.8 Å². The summed E-state index contributed by atoms with van der Waals surface area (Å²) in [5.74, 6) is -0.232. The molecule has 0 saturated carbocycles. The molecule has 7 heteroatoms. The van der Waals surface area contributed by atoms with Gasteiger partial charge in [-0.2, -0.15) is 0 Å². The number of hydrogen-bond acceptors (Lipinski definition) is 4. The van der Waals surface area contributed by atoms with E-state index in [-0.39, 0.29) is 18.1 Å². The highest BCUT2D eigenvalue weighted by atomic mass is 32.2. The number of sulfonamides is 1. The summed E-state index contributed by atoms with van der Waals surface area (Å²) in [5, 5.41) is 3.23. The molecule has 1 aromatic carbocycles. The summed E-state index contributed by atoms with van der Waals surface area (Å²) in [6, 6.07) is 5.80. The molecule has 1 aliphatic rings. The van der Waals surface area contributed by atoms with E-state index < -0.39 is 10.0 Å². The van der Waals surface area contributed by atoms with Crippen LogP contribution in [0.3, 0.4) is 0 Å². The standard InChI is InChI=1S/C13H20FN3O2S/c14-13-3-1-12(2-4-13)11-16-20(18,19)10-9-17-7-5-15-6-8-17/h1-4,15-16H,5-11H2. The molecule has 0 amide bonds. The van der Waals surface area contributed by atoms with Crippen LogP contribution in [0.25, 0.3) is 0 Å². The van der Waals surface area contributed by atoms with Crippen molar-refractivity contribution in [2.24, 2.45) is 0 Å². The van der Waals surface area contributed by atoms with Crippen LogP contribution in [0.15, 0.2) is 24.3 Å². The van der Waals surface area contributed by atoms with Crippen molar-refractivity contribution in [1.82, 2.24) is 14.9 Å². The van der Waals surface area contributed by atoms with Crippen molar-refractivity contribution in [1.29, 1.82) is 0 Å². The van der Waals surface area contributed by atoms with E-state index in [0.29, 0.717) is 6.54 Å². The topological polar surface area (TPSA) is 61.4 Å². The monoisotopic (exact) mass is 301 g/mol. The largest absolute Gasteiger partial charge is 0.314 e. The quantitative estimate of drug-likeness (QED) is 0.785. The lowest BCUT2D eigenvalue weighted by Gasteiger charge is -2.26. The Balaban J connectivity index is 1.76. The summed E-state index contributed by atoms with van der Waals surface area (Å²) in [5.41, 5.74) is 0.747. The zero-order valence-electron chi connectivity index (χ0n) is 11.3. The first kappa shape index (κ1) is 15.4. The molecule has 0 bridgehead atoms. The molecule has 112 valence electrons. The lowest BCUT2D eigenvalue weighted by atomic mass is 10.2. The van der Waals surface area contributed by atoms with Gasteiger partial charge in [-0.25, -0.2) is 17.5 Å². The van der Waals surface area contributed by atoms with Crippen molar-refractivity contribution >= 4 is 10.0 Å². The van der Waals surface area contributed by atoms with Crippen LogP contribution < -0.4 is 10.0 Å². The van der Waals surface area contributed by atoms with Crippen molar-refractivity contribution in [3.05, 3.63) is 35.6 Å². The lowest BCUT2D eigenvalue weighted by Crippen LogP contribution is -2.45. The molecule has 0 unspecified atom stereocenters. The first-order valence-corrected chi connectivity index (χ1v) is 8.35. The molecule has 20 heavy (non-hydrogen) atoms. The molecule has 1 aromatic rings. The highest BCUT2D eigenvalue weighted by Crippen LogP contribution is 2.03. The molecule has 0 aliphatic carbocycles. The molecular weight excluding hydrogens is 281 g/mol. The molecule has 1 heterocycles. The van der Waals surface area contributed by atoms with Gasteiger partial charge in [0.15, 0.2) is 0 Å². The van der Waals surface area contributed by atoms with Crippen LogP contribution in [0, 0.1) is 5.82 Å². The van der Waals surface area contributed by atoms with Gasteiger partial charge in [-0.05, 0) is 17.7 Å². The first-order valence-electron chi connectivity index (χ1n) is 6.70. The van der Waals surface area contributed by atoms with Crippen molar-refractivity contribution in [3.8, 4) is 0 Å². The summed E-state index contributed by atoms with van der Waals surface area (Å²) in [4.78, 5) is 2.13. The van der Waals surface area contributed by atoms with Crippen molar-refractivity contribution in [2.45, 2.75) is 6.54 Å². The summed E-state index contributed by atoms with van der Waals surface area (Å²) >= 11 is 0. The van der Waals surface area contributed by atoms with Gasteiger partial charge in [-0.3, -0.25) is 4.90 Å². The second-order valence-electron chi connectivity index (χ2n) is 4.86. The maximum absolute atomic E-state index is 12.7. The van der Waals surface area contributed by atoms with E-state index in [1.54, 1.807) is 12.1 Å². The summed E-state index contributed by atoms with van der Waals surface area (Å²) in [6.07, 6.45) is 0. The Hall–Kier alpha value is -1.02. The first-order chi connectivity index (χ1) is 9.55. The molecule has 0 radical (unpaired) electrons. The van der Waals surface area contributed by atoms with E-state index in [2.05, 4.69) is 14.9 Å². The second kappa shape index (κ2) is 7.12. The van der Waals surface area contributed by atoms with Crippen molar-refractivity contribution in [2.75, 3.05) is 38.5 Å². The van der Waals surface area contributed by atoms with Crippen LogP contribution in [-0.4, -0.2) is 51.8 Å². The molecule has 2 rings (SSSR count). The fourth-order valence-corrected chi connectivity index (χ4v) is 3.08. The molecular formula is C13H20FN3O2S. The van der Waals surface area contributed by atoms with Crippen LogP contribution in [0.4, 0.5) is 4.39 Å². The Kier molecular flexibility index (Phi) is 5.47. The van der Waals surface area contributed by atoms with Crippen molar-refractivity contribution < 1.29 is 12.8 Å². The molecule has 0 aromatic heterocycles. The number of nitrogens with one attached hydrogen (secondary N) is 2. The molecule has 5 nitrogen and oxygen atoms in total. The molecule has 0 atom stereocenters. The highest BCUT2D eigenvalue weighted by molar-refractivity contribution is 7.89. The van der Waals surface area contributed by atoms with Gasteiger partial charge in [-0.15, -0.1) is 0 Å². The number of rotatable bonds is 6. The fraction of sp³-hybridized carbons (Fsp3) is 0.538. The Morgan fingerprint density at radius 3 is 2.50 bits per heavy atom. The molecule has 1 saturated heterocycles. The van der Waals surface area contributed by atoms with E-state index in [1.807, 2.05) is 0 Å². The zero-order chi connectivity index (χ0) is 14.4. The Labute approximate surface area is 119 Å². The SMILES string of the molecule is O=S(=O)(CCN1CCNCC1)NCc1ccc(F)cc1. The number of nitrogens with zero attached hydrogens (tertiary/aromatic N) is 1. The van der Waals surface area contributed by atoms with Crippen LogP contribution in [-0.2, 0) is 16.6 Å². The van der Waals surface area contributed by atoms with Crippen LogP contribution >= 0.6 is 0 Å². The van der Waals surface area contributed by atoms with Gasteiger partial charge in [0.05, 0.1) is 5.75 Å². The summed E-state index contributed by atoms with van der Waals surface area (Å²) in [6.45, 7) is 4.32. The maximum atomic E-state index is 12.7. The maximum Gasteiger partial charge on any atom is 0.213 e. The smallest absolute Gasteiger partial charge is 0.213 e. The normalized spacial score (nSPS) is 17.2. The van der Waals surface area contributed by atoms with Crippen molar-refractivity contribution in [3.63, 3.8) is 0 Å². The average molecular weight is 301 g/mol. The minimum Gasteiger partial charge on any atom is -0.314 e. The minimum atomic E-state index is -3.30. The lowest BCUT2D eigenvalue weighted by molar-refractivity contribution is 0.253. The van der Waals surface area contributed by atoms with Gasteiger partial charge in [0, 0.05) is 39.3 Å². The average Bonchev–Trinajstić information content (AvgIpc) is 2.46. The van der Waals surface area contributed by atoms with E-state index >= 15 is 0 Å². The van der Waals surface area contributed by atoms with Gasteiger partial charge in [0.2, 0.25) is 10.0 Å². The van der Waals surface area contributed by atoms with Gasteiger partial charge in [0.25, 0.3) is 0 Å². The summed E-state index contributed by atoms with van der Waals surface area (Å²) < 4.78 is 39.1. The summed E-state index contributed by atoms with van der Waals surface area (Å²) in [7, 11) is -3.30. The predicted octanol–water partition coefficient (Wildman–Crippen LogP) is 0.150. The number of halogens is 1. The van der Waals surface area contributed by atoms with Gasteiger partial charge in [0.1, 0.15) is 5.82 Å². The third kappa shape index (κ3) is 5.16. The fourth-order valence-electron chi connectivity index (χ4n) is 2.05. The van der Waals surface area contributed by atoms with Gasteiger partial charge in [-0.1, -0.05) is 12.1 Å². The van der Waals surface area contributed by atoms with Gasteiger partial charge < -0.3 is 5.32 Å². The van der Waals surface area contributed by atoms with Crippen LogP contribution in [0.2, 0.25) is 0 Å². The number of hydrogen-bond donors (Lipinski definition) is 2. The predicted molar refractivity (Wildman–Crippen MR) is 76.3 cm³/mol. The third-order valence-corrected chi connectivity index (χ3v) is 4.60. The molecule has 2 N–H and O–H groups in total. The molecule has 1 aliphatic heterocycles. The third-order valence-electron chi connectivity index (χ3n) is 3.30. The van der Waals surface area contributed by atoms with E-state index in [4.69, 9.17) is 0 Å². The highest BCUT2D eigenvalue weighted by Gasteiger charge is 2.15.